The molecule has 0 aliphatic rings. The van der Waals surface area contributed by atoms with Gasteiger partial charge in [-0.25, -0.2) is 0 Å². The number of para-hydroxylation sites is 1. The van der Waals surface area contributed by atoms with Gasteiger partial charge in [-0.3, -0.25) is 4.79 Å². The molecule has 1 amide bonds. The van der Waals surface area contributed by atoms with Crippen molar-refractivity contribution in [1.82, 2.24) is 4.57 Å². The number of aryl methyl sites for hydroxylation is 1. The minimum Gasteiger partial charge on any atom is -0.494 e. The summed E-state index contributed by atoms with van der Waals surface area (Å²) in [5, 5.41) is 0. The summed E-state index contributed by atoms with van der Waals surface area (Å²) in [6.45, 7) is 2.95. The van der Waals surface area contributed by atoms with E-state index in [1.807, 2.05) is 79.2 Å². The SMILES string of the molecule is CCOc1ccc2c(c1)sc(=NC(=O)c1ccccc1OCc1ccccc1)n2C. The number of hydrogen-bond acceptors (Lipinski definition) is 4. The number of fused-ring (bicyclic) bond motifs is 1. The Kier molecular flexibility index (Phi) is 5.95. The first-order valence-electron chi connectivity index (χ1n) is 9.73. The fourth-order valence-electron chi connectivity index (χ4n) is 3.13. The fourth-order valence-corrected chi connectivity index (χ4v) is 4.17. The third kappa shape index (κ3) is 4.28. The van der Waals surface area contributed by atoms with E-state index in [0.717, 1.165) is 21.5 Å². The maximum Gasteiger partial charge on any atom is 0.283 e. The first kappa shape index (κ1) is 19.9. The first-order valence-corrected chi connectivity index (χ1v) is 10.5. The van der Waals surface area contributed by atoms with Gasteiger partial charge in [0.1, 0.15) is 18.1 Å². The molecular weight excluding hydrogens is 396 g/mol. The third-order valence-corrected chi connectivity index (χ3v) is 5.74. The van der Waals surface area contributed by atoms with Gasteiger partial charge in [0.2, 0.25) is 0 Å². The molecule has 1 heterocycles. The van der Waals surface area contributed by atoms with Crippen molar-refractivity contribution in [2.24, 2.45) is 12.0 Å². The molecule has 0 aliphatic heterocycles. The van der Waals surface area contributed by atoms with Crippen molar-refractivity contribution >= 4 is 27.5 Å². The Morgan fingerprint density at radius 1 is 1.00 bits per heavy atom. The number of rotatable bonds is 6. The highest BCUT2D eigenvalue weighted by atomic mass is 32.1. The molecule has 4 rings (SSSR count). The predicted molar refractivity (Wildman–Crippen MR) is 119 cm³/mol. The van der Waals surface area contributed by atoms with E-state index in [-0.39, 0.29) is 5.91 Å². The van der Waals surface area contributed by atoms with Gasteiger partial charge in [-0.1, -0.05) is 53.8 Å². The highest BCUT2D eigenvalue weighted by molar-refractivity contribution is 7.16. The van der Waals surface area contributed by atoms with Crippen molar-refractivity contribution in [1.29, 1.82) is 0 Å². The summed E-state index contributed by atoms with van der Waals surface area (Å²) >= 11 is 1.46. The summed E-state index contributed by atoms with van der Waals surface area (Å²) in [6, 6.07) is 23.0. The highest BCUT2D eigenvalue weighted by Gasteiger charge is 2.13. The van der Waals surface area contributed by atoms with E-state index in [4.69, 9.17) is 9.47 Å². The number of aromatic nitrogens is 1. The molecule has 0 spiro atoms. The zero-order valence-corrected chi connectivity index (χ0v) is 17.7. The molecule has 0 aliphatic carbocycles. The number of amides is 1. The Morgan fingerprint density at radius 2 is 1.77 bits per heavy atom. The zero-order valence-electron chi connectivity index (χ0n) is 16.9. The second kappa shape index (κ2) is 8.97. The van der Waals surface area contributed by atoms with E-state index < -0.39 is 0 Å². The summed E-state index contributed by atoms with van der Waals surface area (Å²) in [5.41, 5.74) is 2.49. The number of carbonyl (C=O) groups is 1. The summed E-state index contributed by atoms with van der Waals surface area (Å²) in [7, 11) is 1.91. The Morgan fingerprint density at radius 3 is 2.57 bits per heavy atom. The van der Waals surface area contributed by atoms with Gasteiger partial charge in [0.05, 0.1) is 22.4 Å². The lowest BCUT2D eigenvalue weighted by molar-refractivity contribution is 0.0993. The molecule has 0 N–H and O–H groups in total. The molecular formula is C24H22N2O3S. The number of ether oxygens (including phenoxy) is 2. The van der Waals surface area contributed by atoms with Gasteiger partial charge in [0.25, 0.3) is 5.91 Å². The van der Waals surface area contributed by atoms with Crippen LogP contribution in [0.15, 0.2) is 77.8 Å². The molecule has 152 valence electrons. The Bertz CT molecular complexity index is 1240. The smallest absolute Gasteiger partial charge is 0.283 e. The van der Waals surface area contributed by atoms with Crippen molar-refractivity contribution in [3.8, 4) is 11.5 Å². The maximum atomic E-state index is 13.0. The number of carbonyl (C=O) groups excluding carboxylic acids is 1. The standard InChI is InChI=1S/C24H22N2O3S/c1-3-28-18-13-14-20-22(15-18)30-24(26(20)2)25-23(27)19-11-7-8-12-21(19)29-16-17-9-5-4-6-10-17/h4-15H,3,16H2,1-2H3. The molecule has 1 aromatic heterocycles. The summed E-state index contributed by atoms with van der Waals surface area (Å²) in [5.74, 6) is 1.01. The van der Waals surface area contributed by atoms with E-state index in [0.29, 0.717) is 29.3 Å². The van der Waals surface area contributed by atoms with Crippen molar-refractivity contribution in [3.63, 3.8) is 0 Å². The van der Waals surface area contributed by atoms with Crippen molar-refractivity contribution in [2.45, 2.75) is 13.5 Å². The summed E-state index contributed by atoms with van der Waals surface area (Å²) in [4.78, 5) is 18.0. The number of benzene rings is 3. The van der Waals surface area contributed by atoms with Gasteiger partial charge in [0.15, 0.2) is 4.80 Å². The molecule has 0 saturated heterocycles. The van der Waals surface area contributed by atoms with Crippen LogP contribution in [0.1, 0.15) is 22.8 Å². The molecule has 6 heteroatoms. The predicted octanol–water partition coefficient (Wildman–Crippen LogP) is 4.96. The van der Waals surface area contributed by atoms with Crippen LogP contribution in [0.4, 0.5) is 0 Å². The van der Waals surface area contributed by atoms with Crippen LogP contribution < -0.4 is 14.3 Å². The molecule has 0 atom stereocenters. The highest BCUT2D eigenvalue weighted by Crippen LogP contribution is 2.24. The molecule has 0 fully saturated rings. The number of nitrogens with zero attached hydrogens (tertiary/aromatic N) is 2. The quantitative estimate of drug-likeness (QED) is 0.445. The largest absolute Gasteiger partial charge is 0.494 e. The lowest BCUT2D eigenvalue weighted by Gasteiger charge is -2.09. The average Bonchev–Trinajstić information content (AvgIpc) is 3.08. The van der Waals surface area contributed by atoms with Crippen LogP contribution in [0.3, 0.4) is 0 Å². The van der Waals surface area contributed by atoms with E-state index >= 15 is 0 Å². The second-order valence-electron chi connectivity index (χ2n) is 6.69. The normalized spacial score (nSPS) is 11.6. The average molecular weight is 419 g/mol. The van der Waals surface area contributed by atoms with Gasteiger partial charge in [-0.2, -0.15) is 4.99 Å². The van der Waals surface area contributed by atoms with Crippen LogP contribution in [0, 0.1) is 0 Å². The molecule has 0 bridgehead atoms. The second-order valence-corrected chi connectivity index (χ2v) is 7.70. The Hall–Kier alpha value is -3.38. The topological polar surface area (TPSA) is 52.8 Å². The molecule has 30 heavy (non-hydrogen) atoms. The van der Waals surface area contributed by atoms with Gasteiger partial charge >= 0.3 is 0 Å². The maximum absolute atomic E-state index is 13.0. The van der Waals surface area contributed by atoms with E-state index in [1.165, 1.54) is 11.3 Å². The fraction of sp³-hybridized carbons (Fsp3) is 0.167. The van der Waals surface area contributed by atoms with Crippen LogP contribution in [-0.2, 0) is 13.7 Å². The molecule has 0 unspecified atom stereocenters. The Balaban J connectivity index is 1.63. The van der Waals surface area contributed by atoms with E-state index in [2.05, 4.69) is 4.99 Å². The van der Waals surface area contributed by atoms with Crippen LogP contribution >= 0.6 is 11.3 Å². The lowest BCUT2D eigenvalue weighted by Crippen LogP contribution is -2.13. The minimum atomic E-state index is -0.328. The molecule has 4 aromatic rings. The van der Waals surface area contributed by atoms with Crippen LogP contribution in [0.2, 0.25) is 0 Å². The van der Waals surface area contributed by atoms with Crippen molar-refractivity contribution < 1.29 is 14.3 Å². The van der Waals surface area contributed by atoms with Crippen molar-refractivity contribution in [3.05, 3.63) is 88.7 Å². The summed E-state index contributed by atoms with van der Waals surface area (Å²) < 4.78 is 14.4. The van der Waals surface area contributed by atoms with Gasteiger partial charge in [-0.15, -0.1) is 0 Å². The Labute approximate surface area is 178 Å². The number of hydrogen-bond donors (Lipinski definition) is 0. The van der Waals surface area contributed by atoms with E-state index in [9.17, 15) is 4.79 Å². The molecule has 0 radical (unpaired) electrons. The van der Waals surface area contributed by atoms with Crippen LogP contribution in [0.5, 0.6) is 11.5 Å². The zero-order chi connectivity index (χ0) is 20.9. The first-order chi connectivity index (χ1) is 14.7. The van der Waals surface area contributed by atoms with Gasteiger partial charge in [0, 0.05) is 7.05 Å². The molecule has 3 aromatic carbocycles. The molecule has 0 saturated carbocycles. The van der Waals surface area contributed by atoms with Crippen molar-refractivity contribution in [2.75, 3.05) is 6.61 Å². The third-order valence-electron chi connectivity index (χ3n) is 4.64. The lowest BCUT2D eigenvalue weighted by atomic mass is 10.2. The van der Waals surface area contributed by atoms with E-state index in [1.54, 1.807) is 12.1 Å². The minimum absolute atomic E-state index is 0.328. The monoisotopic (exact) mass is 418 g/mol. The molecule has 5 nitrogen and oxygen atoms in total. The van der Waals surface area contributed by atoms with Gasteiger partial charge in [-0.05, 0) is 42.8 Å². The van der Waals surface area contributed by atoms with Crippen LogP contribution in [0.25, 0.3) is 10.2 Å². The van der Waals surface area contributed by atoms with Crippen LogP contribution in [-0.4, -0.2) is 17.1 Å². The number of thiazole rings is 1. The summed E-state index contributed by atoms with van der Waals surface area (Å²) in [6.07, 6.45) is 0. The van der Waals surface area contributed by atoms with Gasteiger partial charge < -0.3 is 14.0 Å².